The second-order valence-electron chi connectivity index (χ2n) is 4.34. The Balaban J connectivity index is 2.49. The zero-order valence-corrected chi connectivity index (χ0v) is 10.4. The van der Waals surface area contributed by atoms with Crippen molar-refractivity contribution in [3.63, 3.8) is 0 Å². The SMILES string of the molecule is Cc1cc(C(O)c2ccc(C)c(F)c2F)n(C)n1. The van der Waals surface area contributed by atoms with Crippen LogP contribution >= 0.6 is 0 Å². The van der Waals surface area contributed by atoms with Gasteiger partial charge in [-0.25, -0.2) is 8.78 Å². The topological polar surface area (TPSA) is 38.0 Å². The van der Waals surface area contributed by atoms with E-state index in [0.717, 1.165) is 0 Å². The Morgan fingerprint density at radius 2 is 1.89 bits per heavy atom. The van der Waals surface area contributed by atoms with Crippen LogP contribution in [0.5, 0.6) is 0 Å². The van der Waals surface area contributed by atoms with E-state index in [1.54, 1.807) is 20.0 Å². The second kappa shape index (κ2) is 4.49. The molecule has 18 heavy (non-hydrogen) atoms. The Bertz CT molecular complexity index is 593. The molecule has 1 atom stereocenters. The Morgan fingerprint density at radius 1 is 1.22 bits per heavy atom. The normalized spacial score (nSPS) is 12.8. The number of aromatic nitrogens is 2. The maximum atomic E-state index is 13.8. The number of benzene rings is 1. The molecule has 1 aromatic carbocycles. The van der Waals surface area contributed by atoms with Gasteiger partial charge < -0.3 is 5.11 Å². The first-order valence-electron chi connectivity index (χ1n) is 5.55. The van der Waals surface area contributed by atoms with Crippen molar-refractivity contribution in [1.82, 2.24) is 9.78 Å². The average molecular weight is 252 g/mol. The van der Waals surface area contributed by atoms with Gasteiger partial charge in [0, 0.05) is 12.6 Å². The molecule has 2 aromatic rings. The zero-order valence-electron chi connectivity index (χ0n) is 10.4. The van der Waals surface area contributed by atoms with E-state index in [4.69, 9.17) is 0 Å². The summed E-state index contributed by atoms with van der Waals surface area (Å²) < 4.78 is 28.7. The van der Waals surface area contributed by atoms with Crippen LogP contribution in [-0.2, 0) is 7.05 Å². The zero-order chi connectivity index (χ0) is 13.4. The lowest BCUT2D eigenvalue weighted by Crippen LogP contribution is -2.09. The molecule has 1 heterocycles. The molecular weight excluding hydrogens is 238 g/mol. The molecule has 0 spiro atoms. The molecule has 1 N–H and O–H groups in total. The predicted octanol–water partition coefficient (Wildman–Crippen LogP) is 2.40. The first-order valence-corrected chi connectivity index (χ1v) is 5.55. The molecule has 5 heteroatoms. The molecule has 0 aliphatic carbocycles. The van der Waals surface area contributed by atoms with E-state index in [9.17, 15) is 13.9 Å². The summed E-state index contributed by atoms with van der Waals surface area (Å²) in [5, 5.41) is 14.2. The molecule has 0 saturated carbocycles. The maximum Gasteiger partial charge on any atom is 0.165 e. The van der Waals surface area contributed by atoms with Crippen LogP contribution < -0.4 is 0 Å². The number of aryl methyl sites for hydroxylation is 3. The van der Waals surface area contributed by atoms with Crippen molar-refractivity contribution in [1.29, 1.82) is 0 Å². The number of aliphatic hydroxyl groups excluding tert-OH is 1. The Labute approximate surface area is 104 Å². The molecule has 0 fully saturated rings. The lowest BCUT2D eigenvalue weighted by atomic mass is 10.0. The number of hydrogen-bond acceptors (Lipinski definition) is 2. The number of halogens is 2. The Kier molecular flexibility index (Phi) is 3.17. The predicted molar refractivity (Wildman–Crippen MR) is 63.1 cm³/mol. The summed E-state index contributed by atoms with van der Waals surface area (Å²) in [4.78, 5) is 0. The summed E-state index contributed by atoms with van der Waals surface area (Å²) in [5.41, 5.74) is 1.26. The van der Waals surface area contributed by atoms with Crippen molar-refractivity contribution in [2.24, 2.45) is 7.05 Å². The summed E-state index contributed by atoms with van der Waals surface area (Å²) in [6.45, 7) is 3.24. The van der Waals surface area contributed by atoms with Crippen molar-refractivity contribution in [3.05, 3.63) is 52.3 Å². The molecule has 0 aliphatic rings. The van der Waals surface area contributed by atoms with E-state index in [-0.39, 0.29) is 11.1 Å². The second-order valence-corrected chi connectivity index (χ2v) is 4.34. The smallest absolute Gasteiger partial charge is 0.165 e. The molecule has 0 aliphatic heterocycles. The fraction of sp³-hybridized carbons (Fsp3) is 0.308. The van der Waals surface area contributed by atoms with E-state index in [0.29, 0.717) is 11.4 Å². The van der Waals surface area contributed by atoms with Gasteiger partial charge in [-0.2, -0.15) is 5.10 Å². The van der Waals surface area contributed by atoms with E-state index >= 15 is 0 Å². The lowest BCUT2D eigenvalue weighted by Gasteiger charge is -2.13. The minimum absolute atomic E-state index is 0.0823. The Morgan fingerprint density at radius 3 is 2.44 bits per heavy atom. The summed E-state index contributed by atoms with van der Waals surface area (Å²) >= 11 is 0. The van der Waals surface area contributed by atoms with Gasteiger partial charge in [-0.3, -0.25) is 4.68 Å². The monoisotopic (exact) mass is 252 g/mol. The third kappa shape index (κ3) is 2.01. The van der Waals surface area contributed by atoms with Crippen molar-refractivity contribution < 1.29 is 13.9 Å². The van der Waals surface area contributed by atoms with E-state index < -0.39 is 17.7 Å². The van der Waals surface area contributed by atoms with Gasteiger partial charge >= 0.3 is 0 Å². The van der Waals surface area contributed by atoms with E-state index in [1.807, 2.05) is 0 Å². The van der Waals surface area contributed by atoms with Crippen molar-refractivity contribution >= 4 is 0 Å². The fourth-order valence-electron chi connectivity index (χ4n) is 1.92. The van der Waals surface area contributed by atoms with Gasteiger partial charge in [-0.15, -0.1) is 0 Å². The van der Waals surface area contributed by atoms with Gasteiger partial charge in [-0.05, 0) is 25.5 Å². The third-order valence-corrected chi connectivity index (χ3v) is 2.92. The van der Waals surface area contributed by atoms with Crippen molar-refractivity contribution in [3.8, 4) is 0 Å². The van der Waals surface area contributed by atoms with Crippen LogP contribution in [-0.4, -0.2) is 14.9 Å². The summed E-state index contributed by atoms with van der Waals surface area (Å²) in [5.74, 6) is -1.94. The van der Waals surface area contributed by atoms with Crippen LogP contribution in [0.4, 0.5) is 8.78 Å². The first kappa shape index (κ1) is 12.7. The number of hydrogen-bond donors (Lipinski definition) is 1. The minimum atomic E-state index is -1.23. The van der Waals surface area contributed by atoms with Crippen LogP contribution in [0.2, 0.25) is 0 Å². The minimum Gasteiger partial charge on any atom is -0.382 e. The standard InChI is InChI=1S/C13H14F2N2O/c1-7-4-5-9(12(15)11(7)14)13(18)10-6-8(2)16-17(10)3/h4-6,13,18H,1-3H3. The van der Waals surface area contributed by atoms with Gasteiger partial charge in [-0.1, -0.05) is 12.1 Å². The van der Waals surface area contributed by atoms with Crippen LogP contribution in [0.3, 0.4) is 0 Å². The van der Waals surface area contributed by atoms with E-state index in [2.05, 4.69) is 5.10 Å². The van der Waals surface area contributed by atoms with Crippen molar-refractivity contribution in [2.75, 3.05) is 0 Å². The summed E-state index contributed by atoms with van der Waals surface area (Å²) in [6, 6.07) is 4.48. The molecule has 0 amide bonds. The molecule has 1 unspecified atom stereocenters. The molecular formula is C13H14F2N2O. The van der Waals surface area contributed by atoms with Crippen LogP contribution in [0, 0.1) is 25.5 Å². The maximum absolute atomic E-state index is 13.8. The van der Waals surface area contributed by atoms with Crippen LogP contribution in [0.25, 0.3) is 0 Å². The van der Waals surface area contributed by atoms with Gasteiger partial charge in [0.2, 0.25) is 0 Å². The average Bonchev–Trinajstić information content (AvgIpc) is 2.65. The van der Waals surface area contributed by atoms with Gasteiger partial charge in [0.05, 0.1) is 11.4 Å². The summed E-state index contributed by atoms with van der Waals surface area (Å²) in [7, 11) is 1.65. The molecule has 0 bridgehead atoms. The highest BCUT2D eigenvalue weighted by molar-refractivity contribution is 5.31. The largest absolute Gasteiger partial charge is 0.382 e. The third-order valence-electron chi connectivity index (χ3n) is 2.92. The van der Waals surface area contributed by atoms with Gasteiger partial charge in [0.25, 0.3) is 0 Å². The molecule has 1 aromatic heterocycles. The highest BCUT2D eigenvalue weighted by Gasteiger charge is 2.21. The molecule has 3 nitrogen and oxygen atoms in total. The molecule has 0 radical (unpaired) electrons. The lowest BCUT2D eigenvalue weighted by molar-refractivity contribution is 0.203. The van der Waals surface area contributed by atoms with E-state index in [1.165, 1.54) is 23.7 Å². The quantitative estimate of drug-likeness (QED) is 0.891. The van der Waals surface area contributed by atoms with Gasteiger partial charge in [0.1, 0.15) is 6.10 Å². The number of nitrogens with zero attached hydrogens (tertiary/aromatic N) is 2. The van der Waals surface area contributed by atoms with Crippen molar-refractivity contribution in [2.45, 2.75) is 20.0 Å². The number of aliphatic hydroxyl groups is 1. The van der Waals surface area contributed by atoms with Crippen LogP contribution in [0.1, 0.15) is 28.6 Å². The van der Waals surface area contributed by atoms with Crippen LogP contribution in [0.15, 0.2) is 18.2 Å². The number of rotatable bonds is 2. The highest BCUT2D eigenvalue weighted by atomic mass is 19.2. The Hall–Kier alpha value is -1.75. The first-order chi connectivity index (χ1) is 8.41. The molecule has 96 valence electrons. The molecule has 2 rings (SSSR count). The van der Waals surface area contributed by atoms with Gasteiger partial charge in [0.15, 0.2) is 11.6 Å². The fourth-order valence-corrected chi connectivity index (χ4v) is 1.92. The molecule has 0 saturated heterocycles. The highest BCUT2D eigenvalue weighted by Crippen LogP contribution is 2.27. The summed E-state index contributed by atoms with van der Waals surface area (Å²) in [6.07, 6.45) is -1.23.